The molecule has 0 aromatic heterocycles. The van der Waals surface area contributed by atoms with Gasteiger partial charge in [0, 0.05) is 23.1 Å². The maximum Gasteiger partial charge on any atom is 0.345 e. The number of rotatable bonds is 8. The Balaban J connectivity index is 1.84. The van der Waals surface area contributed by atoms with Crippen molar-refractivity contribution < 1.29 is 24.1 Å². The standard InChI is InChI=1S/C22H19ClO5/c1-26-18-8-5-9-19(14-18)28-21(22(24)25)13-15-12-16(23)10-11-20(15)27-17-6-3-2-4-7-17/h2-12,14,21H,13H2,1H3,(H,24,25)/t21-/m0/s1. The van der Waals surface area contributed by atoms with Gasteiger partial charge >= 0.3 is 5.97 Å². The van der Waals surface area contributed by atoms with E-state index in [4.69, 9.17) is 25.8 Å². The molecule has 0 spiro atoms. The SMILES string of the molecule is COc1cccc(O[C@@H](Cc2cc(Cl)ccc2Oc2ccccc2)C(=O)O)c1. The fourth-order valence-corrected chi connectivity index (χ4v) is 2.84. The Morgan fingerprint density at radius 3 is 2.39 bits per heavy atom. The van der Waals surface area contributed by atoms with Gasteiger partial charge in [-0.15, -0.1) is 0 Å². The van der Waals surface area contributed by atoms with Crippen LogP contribution in [0, 0.1) is 0 Å². The van der Waals surface area contributed by atoms with Crippen molar-refractivity contribution in [2.45, 2.75) is 12.5 Å². The molecule has 0 radical (unpaired) electrons. The molecule has 3 aromatic carbocycles. The maximum absolute atomic E-state index is 11.8. The molecule has 0 saturated carbocycles. The average Bonchev–Trinajstić information content (AvgIpc) is 2.70. The molecule has 6 heteroatoms. The highest BCUT2D eigenvalue weighted by Crippen LogP contribution is 2.30. The number of para-hydroxylation sites is 1. The van der Waals surface area contributed by atoms with Crippen molar-refractivity contribution in [1.82, 2.24) is 0 Å². The lowest BCUT2D eigenvalue weighted by Crippen LogP contribution is -2.29. The Labute approximate surface area is 168 Å². The molecule has 0 aliphatic heterocycles. The fraction of sp³-hybridized carbons (Fsp3) is 0.136. The molecule has 144 valence electrons. The predicted octanol–water partition coefficient (Wildman–Crippen LogP) is 5.22. The van der Waals surface area contributed by atoms with Crippen LogP contribution in [0.3, 0.4) is 0 Å². The zero-order valence-electron chi connectivity index (χ0n) is 15.2. The Kier molecular flexibility index (Phi) is 6.40. The molecule has 0 heterocycles. The molecular weight excluding hydrogens is 380 g/mol. The molecule has 3 rings (SSSR count). The average molecular weight is 399 g/mol. The highest BCUT2D eigenvalue weighted by Gasteiger charge is 2.23. The highest BCUT2D eigenvalue weighted by atomic mass is 35.5. The summed E-state index contributed by atoms with van der Waals surface area (Å²) in [5, 5.41) is 10.1. The first-order chi connectivity index (χ1) is 13.5. The molecule has 1 N–H and O–H groups in total. The molecule has 0 fully saturated rings. The molecular formula is C22H19ClO5. The Hall–Kier alpha value is -3.18. The smallest absolute Gasteiger partial charge is 0.345 e. The van der Waals surface area contributed by atoms with Crippen molar-refractivity contribution in [3.05, 3.63) is 83.4 Å². The summed E-state index contributed by atoms with van der Waals surface area (Å²) >= 11 is 6.12. The second kappa shape index (κ2) is 9.15. The third-order valence-electron chi connectivity index (χ3n) is 3.99. The van der Waals surface area contributed by atoms with Gasteiger partial charge in [0.05, 0.1) is 7.11 Å². The van der Waals surface area contributed by atoms with E-state index in [9.17, 15) is 9.90 Å². The first kappa shape index (κ1) is 19.6. The highest BCUT2D eigenvalue weighted by molar-refractivity contribution is 6.30. The summed E-state index contributed by atoms with van der Waals surface area (Å²) in [4.78, 5) is 11.8. The minimum absolute atomic E-state index is 0.0786. The molecule has 1 atom stereocenters. The number of halogens is 1. The largest absolute Gasteiger partial charge is 0.497 e. The lowest BCUT2D eigenvalue weighted by atomic mass is 10.1. The van der Waals surface area contributed by atoms with Gasteiger partial charge in [-0.1, -0.05) is 35.9 Å². The Morgan fingerprint density at radius 2 is 1.68 bits per heavy atom. The quantitative estimate of drug-likeness (QED) is 0.563. The number of aliphatic carboxylic acids is 1. The molecule has 0 amide bonds. The lowest BCUT2D eigenvalue weighted by Gasteiger charge is -2.18. The summed E-state index contributed by atoms with van der Waals surface area (Å²) in [5.41, 5.74) is 0.631. The minimum atomic E-state index is -1.12. The monoisotopic (exact) mass is 398 g/mol. The molecule has 0 aliphatic carbocycles. The van der Waals surface area contributed by atoms with Gasteiger partial charge in [0.25, 0.3) is 0 Å². The van der Waals surface area contributed by atoms with Gasteiger partial charge in [0.1, 0.15) is 23.0 Å². The van der Waals surface area contributed by atoms with E-state index in [1.54, 1.807) is 42.5 Å². The zero-order chi connectivity index (χ0) is 19.9. The van der Waals surface area contributed by atoms with Crippen LogP contribution in [-0.4, -0.2) is 24.3 Å². The summed E-state index contributed by atoms with van der Waals surface area (Å²) in [6.45, 7) is 0. The van der Waals surface area contributed by atoms with Crippen LogP contribution >= 0.6 is 11.6 Å². The van der Waals surface area contributed by atoms with E-state index >= 15 is 0 Å². The van der Waals surface area contributed by atoms with Gasteiger partial charge in [0.2, 0.25) is 0 Å². The number of hydrogen-bond donors (Lipinski definition) is 1. The number of ether oxygens (including phenoxy) is 3. The third-order valence-corrected chi connectivity index (χ3v) is 4.23. The van der Waals surface area contributed by atoms with E-state index in [-0.39, 0.29) is 6.42 Å². The van der Waals surface area contributed by atoms with Crippen LogP contribution in [0.25, 0.3) is 0 Å². The zero-order valence-corrected chi connectivity index (χ0v) is 15.9. The van der Waals surface area contributed by atoms with E-state index in [0.29, 0.717) is 33.6 Å². The van der Waals surface area contributed by atoms with Crippen LogP contribution < -0.4 is 14.2 Å². The van der Waals surface area contributed by atoms with Gasteiger partial charge in [0.15, 0.2) is 6.10 Å². The molecule has 5 nitrogen and oxygen atoms in total. The molecule has 0 saturated heterocycles. The summed E-state index contributed by atoms with van der Waals surface area (Å²) in [6.07, 6.45) is -1.04. The number of methoxy groups -OCH3 is 1. The number of benzene rings is 3. The first-order valence-electron chi connectivity index (χ1n) is 8.60. The third kappa shape index (κ3) is 5.18. The lowest BCUT2D eigenvalue weighted by molar-refractivity contribution is -0.145. The van der Waals surface area contributed by atoms with Crippen LogP contribution in [0.1, 0.15) is 5.56 Å². The van der Waals surface area contributed by atoms with Crippen LogP contribution in [0.4, 0.5) is 0 Å². The number of carboxylic acids is 1. The van der Waals surface area contributed by atoms with Crippen molar-refractivity contribution in [1.29, 1.82) is 0 Å². The molecule has 0 bridgehead atoms. The predicted molar refractivity (Wildman–Crippen MR) is 107 cm³/mol. The molecule has 0 unspecified atom stereocenters. The second-order valence-electron chi connectivity index (χ2n) is 5.99. The maximum atomic E-state index is 11.8. The van der Waals surface area contributed by atoms with E-state index < -0.39 is 12.1 Å². The van der Waals surface area contributed by atoms with Gasteiger partial charge < -0.3 is 19.3 Å². The van der Waals surface area contributed by atoms with E-state index in [0.717, 1.165) is 0 Å². The molecule has 0 aliphatic rings. The Bertz CT molecular complexity index is 943. The summed E-state index contributed by atoms with van der Waals surface area (Å²) in [5.74, 6) is 1.06. The van der Waals surface area contributed by atoms with Crippen molar-refractivity contribution in [2.75, 3.05) is 7.11 Å². The van der Waals surface area contributed by atoms with Crippen molar-refractivity contribution >= 4 is 17.6 Å². The van der Waals surface area contributed by atoms with E-state index in [1.807, 2.05) is 30.3 Å². The second-order valence-corrected chi connectivity index (χ2v) is 6.43. The summed E-state index contributed by atoms with van der Waals surface area (Å²) in [6, 6.07) is 21.1. The number of hydrogen-bond acceptors (Lipinski definition) is 4. The normalized spacial score (nSPS) is 11.5. The van der Waals surface area contributed by atoms with Crippen LogP contribution in [0.5, 0.6) is 23.0 Å². The van der Waals surface area contributed by atoms with Gasteiger partial charge in [-0.05, 0) is 42.5 Å². The van der Waals surface area contributed by atoms with Gasteiger partial charge in [-0.2, -0.15) is 0 Å². The van der Waals surface area contributed by atoms with Crippen molar-refractivity contribution in [3.8, 4) is 23.0 Å². The van der Waals surface area contributed by atoms with Gasteiger partial charge in [-0.25, -0.2) is 4.79 Å². The van der Waals surface area contributed by atoms with Crippen LogP contribution in [0.2, 0.25) is 5.02 Å². The van der Waals surface area contributed by atoms with Crippen molar-refractivity contribution in [2.24, 2.45) is 0 Å². The van der Waals surface area contributed by atoms with E-state index in [2.05, 4.69) is 0 Å². The summed E-state index contributed by atoms with van der Waals surface area (Å²) < 4.78 is 16.7. The first-order valence-corrected chi connectivity index (χ1v) is 8.98. The number of carbonyl (C=O) groups is 1. The van der Waals surface area contributed by atoms with Gasteiger partial charge in [-0.3, -0.25) is 0 Å². The number of carboxylic acid groups (broad SMARTS) is 1. The topological polar surface area (TPSA) is 65.0 Å². The minimum Gasteiger partial charge on any atom is -0.497 e. The van der Waals surface area contributed by atoms with Crippen molar-refractivity contribution in [3.63, 3.8) is 0 Å². The van der Waals surface area contributed by atoms with Crippen LogP contribution in [0.15, 0.2) is 72.8 Å². The fourth-order valence-electron chi connectivity index (χ4n) is 2.64. The molecule has 28 heavy (non-hydrogen) atoms. The van der Waals surface area contributed by atoms with E-state index in [1.165, 1.54) is 7.11 Å². The van der Waals surface area contributed by atoms with Crippen LogP contribution in [-0.2, 0) is 11.2 Å². The Morgan fingerprint density at radius 1 is 0.964 bits per heavy atom. The molecule has 3 aromatic rings. The summed E-state index contributed by atoms with van der Waals surface area (Å²) in [7, 11) is 1.53.